The van der Waals surface area contributed by atoms with Crippen LogP contribution in [0.3, 0.4) is 0 Å². The molecular weight excluding hydrogens is 264 g/mol. The largest absolute Gasteiger partial charge is 0.312 e. The summed E-state index contributed by atoms with van der Waals surface area (Å²) in [6.07, 6.45) is 3.96. The predicted molar refractivity (Wildman–Crippen MR) is 89.3 cm³/mol. The summed E-state index contributed by atoms with van der Waals surface area (Å²) in [6.45, 7) is 13.8. The SMILES string of the molecule is CCCNCc1cc(CN2CC(C)CCC2C)c(C)s1. The van der Waals surface area contributed by atoms with Crippen LogP contribution < -0.4 is 5.32 Å². The van der Waals surface area contributed by atoms with Gasteiger partial charge in [0.1, 0.15) is 0 Å². The molecule has 3 heteroatoms. The van der Waals surface area contributed by atoms with Gasteiger partial charge in [-0.3, -0.25) is 4.90 Å². The summed E-state index contributed by atoms with van der Waals surface area (Å²) in [5, 5.41) is 3.51. The molecule has 20 heavy (non-hydrogen) atoms. The molecule has 2 nitrogen and oxygen atoms in total. The maximum absolute atomic E-state index is 3.51. The van der Waals surface area contributed by atoms with Crippen LogP contribution >= 0.6 is 11.3 Å². The molecule has 1 saturated heterocycles. The summed E-state index contributed by atoms with van der Waals surface area (Å²) >= 11 is 1.97. The molecule has 1 aromatic rings. The first-order chi connectivity index (χ1) is 9.60. The highest BCUT2D eigenvalue weighted by atomic mass is 32.1. The second kappa shape index (κ2) is 7.58. The van der Waals surface area contributed by atoms with Crippen LogP contribution in [0, 0.1) is 12.8 Å². The van der Waals surface area contributed by atoms with E-state index in [-0.39, 0.29) is 0 Å². The lowest BCUT2D eigenvalue weighted by molar-refractivity contribution is 0.117. The summed E-state index contributed by atoms with van der Waals surface area (Å²) in [5.74, 6) is 0.857. The topological polar surface area (TPSA) is 15.3 Å². The lowest BCUT2D eigenvalue weighted by Crippen LogP contribution is -2.40. The van der Waals surface area contributed by atoms with E-state index >= 15 is 0 Å². The molecule has 0 saturated carbocycles. The van der Waals surface area contributed by atoms with Crippen molar-refractivity contribution in [3.05, 3.63) is 21.4 Å². The van der Waals surface area contributed by atoms with Gasteiger partial charge in [-0.25, -0.2) is 0 Å². The third kappa shape index (κ3) is 4.31. The third-order valence-corrected chi connectivity index (χ3v) is 5.51. The number of rotatable bonds is 6. The normalized spacial score (nSPS) is 24.2. The molecule has 2 atom stereocenters. The number of hydrogen-bond acceptors (Lipinski definition) is 3. The second-order valence-corrected chi connectivity index (χ2v) is 7.77. The average molecular weight is 295 g/mol. The molecule has 114 valence electrons. The Hall–Kier alpha value is -0.380. The first-order valence-corrected chi connectivity index (χ1v) is 8.94. The van der Waals surface area contributed by atoms with Crippen molar-refractivity contribution in [3.63, 3.8) is 0 Å². The van der Waals surface area contributed by atoms with E-state index in [1.165, 1.54) is 35.6 Å². The first kappa shape index (κ1) is 16.0. The molecular formula is C17H30N2S. The van der Waals surface area contributed by atoms with Gasteiger partial charge in [-0.2, -0.15) is 0 Å². The van der Waals surface area contributed by atoms with Crippen molar-refractivity contribution in [2.75, 3.05) is 13.1 Å². The van der Waals surface area contributed by atoms with E-state index in [2.05, 4.69) is 44.0 Å². The van der Waals surface area contributed by atoms with Gasteiger partial charge in [0.15, 0.2) is 0 Å². The molecule has 0 amide bonds. The fourth-order valence-electron chi connectivity index (χ4n) is 3.04. The van der Waals surface area contributed by atoms with Crippen molar-refractivity contribution in [1.29, 1.82) is 0 Å². The monoisotopic (exact) mass is 294 g/mol. The zero-order valence-corrected chi connectivity index (χ0v) is 14.4. The van der Waals surface area contributed by atoms with E-state index in [9.17, 15) is 0 Å². The number of hydrogen-bond donors (Lipinski definition) is 1. The van der Waals surface area contributed by atoms with E-state index < -0.39 is 0 Å². The van der Waals surface area contributed by atoms with Gasteiger partial charge in [-0.05, 0) is 57.2 Å². The fourth-order valence-corrected chi connectivity index (χ4v) is 4.06. The number of nitrogens with zero attached hydrogens (tertiary/aromatic N) is 1. The van der Waals surface area contributed by atoms with Crippen LogP contribution in [0.5, 0.6) is 0 Å². The Morgan fingerprint density at radius 1 is 1.35 bits per heavy atom. The van der Waals surface area contributed by atoms with Crippen molar-refractivity contribution < 1.29 is 0 Å². The van der Waals surface area contributed by atoms with Crippen LogP contribution in [0.15, 0.2) is 6.07 Å². The first-order valence-electron chi connectivity index (χ1n) is 8.13. The molecule has 2 heterocycles. The Kier molecular flexibility index (Phi) is 6.06. The molecule has 0 bridgehead atoms. The van der Waals surface area contributed by atoms with Crippen molar-refractivity contribution in [2.45, 2.75) is 66.1 Å². The Morgan fingerprint density at radius 3 is 2.90 bits per heavy atom. The molecule has 1 fully saturated rings. The molecule has 1 aliphatic heterocycles. The molecule has 0 radical (unpaired) electrons. The van der Waals surface area contributed by atoms with E-state index in [1.54, 1.807) is 5.56 Å². The van der Waals surface area contributed by atoms with Gasteiger partial charge in [0.05, 0.1) is 0 Å². The molecule has 1 N–H and O–H groups in total. The number of nitrogens with one attached hydrogen (secondary N) is 1. The molecule has 1 aromatic heterocycles. The van der Waals surface area contributed by atoms with E-state index in [0.717, 1.165) is 31.6 Å². The quantitative estimate of drug-likeness (QED) is 0.792. The minimum absolute atomic E-state index is 0.743. The van der Waals surface area contributed by atoms with Crippen LogP contribution in [-0.4, -0.2) is 24.0 Å². The van der Waals surface area contributed by atoms with Gasteiger partial charge in [0.25, 0.3) is 0 Å². The van der Waals surface area contributed by atoms with E-state index in [0.29, 0.717) is 0 Å². The van der Waals surface area contributed by atoms with E-state index in [1.807, 2.05) is 11.3 Å². The van der Waals surface area contributed by atoms with Gasteiger partial charge in [-0.15, -0.1) is 11.3 Å². The zero-order chi connectivity index (χ0) is 14.5. The lowest BCUT2D eigenvalue weighted by atomic mass is 9.94. The number of aryl methyl sites for hydroxylation is 1. The Morgan fingerprint density at radius 2 is 2.15 bits per heavy atom. The van der Waals surface area contributed by atoms with Crippen LogP contribution in [0.25, 0.3) is 0 Å². The Labute approximate surface area is 128 Å². The molecule has 2 unspecified atom stereocenters. The minimum Gasteiger partial charge on any atom is -0.312 e. The number of piperidine rings is 1. The standard InChI is InChI=1S/C17H30N2S/c1-5-8-18-10-17-9-16(15(4)20-17)12-19-11-13(2)6-7-14(19)3/h9,13-14,18H,5-8,10-12H2,1-4H3. The Bertz CT molecular complexity index is 413. The minimum atomic E-state index is 0.743. The summed E-state index contributed by atoms with van der Waals surface area (Å²) in [4.78, 5) is 5.67. The van der Waals surface area contributed by atoms with Crippen LogP contribution in [0.2, 0.25) is 0 Å². The van der Waals surface area contributed by atoms with Crippen molar-refractivity contribution in [2.24, 2.45) is 5.92 Å². The predicted octanol–water partition coefficient (Wildman–Crippen LogP) is 4.18. The van der Waals surface area contributed by atoms with Crippen LogP contribution in [0.4, 0.5) is 0 Å². The van der Waals surface area contributed by atoms with Gasteiger partial charge in [-0.1, -0.05) is 13.8 Å². The summed E-state index contributed by atoms with van der Waals surface area (Å²) < 4.78 is 0. The number of thiophene rings is 1. The molecule has 0 spiro atoms. The number of likely N-dealkylation sites (tertiary alicyclic amines) is 1. The maximum atomic E-state index is 3.51. The van der Waals surface area contributed by atoms with Crippen molar-refractivity contribution in [1.82, 2.24) is 10.2 Å². The summed E-state index contributed by atoms with van der Waals surface area (Å²) in [6, 6.07) is 3.17. The zero-order valence-electron chi connectivity index (χ0n) is 13.5. The molecule has 1 aliphatic rings. The van der Waals surface area contributed by atoms with Crippen LogP contribution in [0.1, 0.15) is 55.4 Å². The summed E-state index contributed by atoms with van der Waals surface area (Å²) in [7, 11) is 0. The van der Waals surface area contributed by atoms with Crippen molar-refractivity contribution >= 4 is 11.3 Å². The Balaban J connectivity index is 1.94. The highest BCUT2D eigenvalue weighted by Gasteiger charge is 2.23. The smallest absolute Gasteiger partial charge is 0.0299 e. The highest BCUT2D eigenvalue weighted by Crippen LogP contribution is 2.27. The highest BCUT2D eigenvalue weighted by molar-refractivity contribution is 7.12. The van der Waals surface area contributed by atoms with E-state index in [4.69, 9.17) is 0 Å². The van der Waals surface area contributed by atoms with Gasteiger partial charge in [0, 0.05) is 35.4 Å². The van der Waals surface area contributed by atoms with Gasteiger partial charge in [0.2, 0.25) is 0 Å². The van der Waals surface area contributed by atoms with Crippen LogP contribution in [-0.2, 0) is 13.1 Å². The third-order valence-electron chi connectivity index (χ3n) is 4.42. The average Bonchev–Trinajstić information content (AvgIpc) is 2.75. The lowest BCUT2D eigenvalue weighted by Gasteiger charge is -2.36. The summed E-state index contributed by atoms with van der Waals surface area (Å²) in [5.41, 5.74) is 1.55. The van der Waals surface area contributed by atoms with Crippen molar-refractivity contribution in [3.8, 4) is 0 Å². The maximum Gasteiger partial charge on any atom is 0.0299 e. The molecule has 0 aliphatic carbocycles. The van der Waals surface area contributed by atoms with Gasteiger partial charge >= 0.3 is 0 Å². The fraction of sp³-hybridized carbons (Fsp3) is 0.765. The molecule has 0 aromatic carbocycles. The molecule has 2 rings (SSSR count). The second-order valence-electron chi connectivity index (χ2n) is 6.43. The van der Waals surface area contributed by atoms with Gasteiger partial charge < -0.3 is 5.32 Å².